The summed E-state index contributed by atoms with van der Waals surface area (Å²) >= 11 is 0. The summed E-state index contributed by atoms with van der Waals surface area (Å²) in [5, 5.41) is 21.5. The van der Waals surface area contributed by atoms with Gasteiger partial charge in [-0.2, -0.15) is 10.5 Å². The lowest BCUT2D eigenvalue weighted by molar-refractivity contribution is 0.0841. The summed E-state index contributed by atoms with van der Waals surface area (Å²) in [7, 11) is 0. The number of fused-ring (bicyclic) bond motifs is 3. The number of hydrogen-bond acceptors (Lipinski definition) is 5. The molecule has 0 bridgehead atoms. The molecule has 4 aromatic carbocycles. The molecule has 5 heteroatoms. The van der Waals surface area contributed by atoms with Crippen molar-refractivity contribution >= 4 is 17.5 Å². The van der Waals surface area contributed by atoms with E-state index >= 15 is 0 Å². The SMILES string of the molecule is N#C[C@@H]1[C@H](c2cccc(Oc3ccccc3)c2)[C@](C#N)(C(=O)c2ccccc2)[C@@H]2C=Cc3ccccc3N12. The Morgan fingerprint density at radius 3 is 2.24 bits per heavy atom. The van der Waals surface area contributed by atoms with E-state index in [4.69, 9.17) is 4.74 Å². The summed E-state index contributed by atoms with van der Waals surface area (Å²) in [5.74, 6) is 0.224. The Hall–Kier alpha value is -5.13. The van der Waals surface area contributed by atoms with Crippen LogP contribution >= 0.6 is 0 Å². The summed E-state index contributed by atoms with van der Waals surface area (Å²) in [6.45, 7) is 0. The number of carbonyl (C=O) groups is 1. The third-order valence-corrected chi connectivity index (χ3v) is 7.47. The minimum atomic E-state index is -1.54. The molecule has 0 saturated carbocycles. The highest BCUT2D eigenvalue weighted by Crippen LogP contribution is 2.56. The summed E-state index contributed by atoms with van der Waals surface area (Å²) in [6, 6.07) is 37.0. The van der Waals surface area contributed by atoms with Crippen molar-refractivity contribution in [2.75, 3.05) is 4.90 Å². The molecule has 5 nitrogen and oxygen atoms in total. The zero-order valence-electron chi connectivity index (χ0n) is 20.4. The number of nitrogens with zero attached hydrogens (tertiary/aromatic N) is 3. The number of hydrogen-bond donors (Lipinski definition) is 0. The molecule has 4 aromatic rings. The van der Waals surface area contributed by atoms with Crippen LogP contribution in [-0.2, 0) is 0 Å². The second kappa shape index (κ2) is 9.39. The van der Waals surface area contributed by atoms with Gasteiger partial charge in [-0.3, -0.25) is 4.79 Å². The molecule has 2 aliphatic rings. The number of carbonyl (C=O) groups excluding carboxylic acids is 1. The number of ketones is 1. The molecule has 6 rings (SSSR count). The van der Waals surface area contributed by atoms with Gasteiger partial charge in [0.2, 0.25) is 0 Å². The Balaban J connectivity index is 1.55. The van der Waals surface area contributed by atoms with Gasteiger partial charge in [0.05, 0.1) is 18.2 Å². The fourth-order valence-electron chi connectivity index (χ4n) is 5.86. The Labute approximate surface area is 221 Å². The Kier molecular flexibility index (Phi) is 5.75. The van der Waals surface area contributed by atoms with Crippen molar-refractivity contribution in [1.29, 1.82) is 10.5 Å². The zero-order valence-corrected chi connectivity index (χ0v) is 20.4. The van der Waals surface area contributed by atoms with E-state index in [1.165, 1.54) is 0 Å². The fourth-order valence-corrected chi connectivity index (χ4v) is 5.86. The first-order chi connectivity index (χ1) is 18.7. The Morgan fingerprint density at radius 2 is 1.50 bits per heavy atom. The molecule has 0 radical (unpaired) electrons. The third kappa shape index (κ3) is 3.57. The molecule has 0 spiro atoms. The van der Waals surface area contributed by atoms with E-state index in [1.54, 1.807) is 24.3 Å². The molecule has 0 aromatic heterocycles. The van der Waals surface area contributed by atoms with Crippen LogP contribution in [0.3, 0.4) is 0 Å². The van der Waals surface area contributed by atoms with E-state index in [-0.39, 0.29) is 5.78 Å². The average Bonchev–Trinajstić information content (AvgIpc) is 3.29. The van der Waals surface area contributed by atoms with Crippen LogP contribution in [0.15, 0.2) is 115 Å². The van der Waals surface area contributed by atoms with Crippen molar-refractivity contribution < 1.29 is 9.53 Å². The predicted molar refractivity (Wildman–Crippen MR) is 146 cm³/mol. The van der Waals surface area contributed by atoms with Gasteiger partial charge in [0, 0.05) is 17.2 Å². The second-order valence-corrected chi connectivity index (χ2v) is 9.49. The van der Waals surface area contributed by atoms with Gasteiger partial charge in [-0.05, 0) is 41.5 Å². The van der Waals surface area contributed by atoms with Crippen LogP contribution in [-0.4, -0.2) is 17.9 Å². The van der Waals surface area contributed by atoms with Gasteiger partial charge in [-0.1, -0.05) is 91.0 Å². The van der Waals surface area contributed by atoms with Gasteiger partial charge in [0.1, 0.15) is 17.5 Å². The lowest BCUT2D eigenvalue weighted by Gasteiger charge is -2.35. The first-order valence-corrected chi connectivity index (χ1v) is 12.5. The third-order valence-electron chi connectivity index (χ3n) is 7.47. The van der Waals surface area contributed by atoms with Crippen LogP contribution in [0.1, 0.15) is 27.4 Å². The minimum Gasteiger partial charge on any atom is -0.457 e. The molecule has 182 valence electrons. The molecule has 0 amide bonds. The number of rotatable bonds is 5. The maximum Gasteiger partial charge on any atom is 0.186 e. The largest absolute Gasteiger partial charge is 0.457 e. The van der Waals surface area contributed by atoms with Crippen molar-refractivity contribution in [3.05, 3.63) is 132 Å². The number of para-hydroxylation sites is 2. The highest BCUT2D eigenvalue weighted by atomic mass is 16.5. The molecule has 0 N–H and O–H groups in total. The van der Waals surface area contributed by atoms with Crippen LogP contribution in [0, 0.1) is 28.1 Å². The van der Waals surface area contributed by atoms with Crippen LogP contribution in [0.2, 0.25) is 0 Å². The normalized spacial score (nSPS) is 23.0. The molecule has 2 heterocycles. The fraction of sp³-hybridized carbons (Fsp3) is 0.121. The number of ether oxygens (including phenoxy) is 1. The molecule has 0 unspecified atom stereocenters. The Bertz CT molecular complexity index is 1620. The lowest BCUT2D eigenvalue weighted by atomic mass is 9.65. The molecule has 1 fully saturated rings. The topological polar surface area (TPSA) is 77.1 Å². The van der Waals surface area contributed by atoms with Crippen molar-refractivity contribution in [1.82, 2.24) is 0 Å². The van der Waals surface area contributed by atoms with E-state index in [2.05, 4.69) is 12.1 Å². The van der Waals surface area contributed by atoms with Crippen molar-refractivity contribution in [2.45, 2.75) is 18.0 Å². The van der Waals surface area contributed by atoms with E-state index in [9.17, 15) is 15.3 Å². The van der Waals surface area contributed by atoms with Gasteiger partial charge >= 0.3 is 0 Å². The number of nitriles is 2. The van der Waals surface area contributed by atoms with E-state index in [1.807, 2.05) is 102 Å². The lowest BCUT2D eigenvalue weighted by Crippen LogP contribution is -2.45. The standard InChI is InChI=1S/C33H23N3O2/c34-21-29-31(25-13-9-16-27(20-25)38-26-14-5-2-6-15-26)33(22-35,32(37)24-11-3-1-4-12-24)30-19-18-23-10-7-8-17-28(23)36(29)30/h1-20,29-31H/t29-,30+,31+,33-/m1/s1. The quantitative estimate of drug-likeness (QED) is 0.287. The first-order valence-electron chi connectivity index (χ1n) is 12.5. The molecule has 4 atom stereocenters. The van der Waals surface area contributed by atoms with Gasteiger partial charge in [-0.25, -0.2) is 0 Å². The van der Waals surface area contributed by atoms with E-state index in [0.717, 1.165) is 11.3 Å². The molecule has 2 aliphatic heterocycles. The van der Waals surface area contributed by atoms with Crippen LogP contribution in [0.25, 0.3) is 6.08 Å². The average molecular weight is 494 g/mol. The summed E-state index contributed by atoms with van der Waals surface area (Å²) in [5.41, 5.74) is 1.39. The number of benzene rings is 4. The number of anilines is 1. The smallest absolute Gasteiger partial charge is 0.186 e. The molecular weight excluding hydrogens is 470 g/mol. The van der Waals surface area contributed by atoms with Crippen molar-refractivity contribution in [3.8, 4) is 23.6 Å². The van der Waals surface area contributed by atoms with Crippen LogP contribution < -0.4 is 9.64 Å². The number of Topliss-reactive ketones (excluding diaryl/α,β-unsaturated/α-hetero) is 1. The summed E-state index contributed by atoms with van der Waals surface area (Å²) < 4.78 is 6.09. The van der Waals surface area contributed by atoms with E-state index in [0.29, 0.717) is 22.6 Å². The van der Waals surface area contributed by atoms with Crippen molar-refractivity contribution in [3.63, 3.8) is 0 Å². The van der Waals surface area contributed by atoms with Crippen LogP contribution in [0.4, 0.5) is 5.69 Å². The van der Waals surface area contributed by atoms with E-state index < -0.39 is 23.4 Å². The van der Waals surface area contributed by atoms with Gasteiger partial charge < -0.3 is 9.64 Å². The van der Waals surface area contributed by atoms with Gasteiger partial charge in [0.15, 0.2) is 11.2 Å². The second-order valence-electron chi connectivity index (χ2n) is 9.49. The highest BCUT2D eigenvalue weighted by molar-refractivity contribution is 6.05. The molecule has 0 aliphatic carbocycles. The van der Waals surface area contributed by atoms with Gasteiger partial charge in [0.25, 0.3) is 0 Å². The van der Waals surface area contributed by atoms with Crippen LogP contribution in [0.5, 0.6) is 11.5 Å². The zero-order chi connectivity index (χ0) is 26.1. The maximum atomic E-state index is 14.4. The molecule has 1 saturated heterocycles. The minimum absolute atomic E-state index is 0.295. The molecular formula is C33H23N3O2. The first kappa shape index (κ1) is 23.3. The predicted octanol–water partition coefficient (Wildman–Crippen LogP) is 6.76. The highest BCUT2D eigenvalue weighted by Gasteiger charge is 2.64. The monoisotopic (exact) mass is 493 g/mol. The van der Waals surface area contributed by atoms with Crippen molar-refractivity contribution in [2.24, 2.45) is 5.41 Å². The van der Waals surface area contributed by atoms with Gasteiger partial charge in [-0.15, -0.1) is 0 Å². The Morgan fingerprint density at radius 1 is 0.816 bits per heavy atom. The summed E-state index contributed by atoms with van der Waals surface area (Å²) in [4.78, 5) is 16.3. The maximum absolute atomic E-state index is 14.4. The summed E-state index contributed by atoms with van der Waals surface area (Å²) in [6.07, 6.45) is 3.85. The molecule has 38 heavy (non-hydrogen) atoms.